The van der Waals surface area contributed by atoms with Crippen LogP contribution in [0.2, 0.25) is 5.02 Å². The van der Waals surface area contributed by atoms with E-state index in [4.69, 9.17) is 11.6 Å². The van der Waals surface area contributed by atoms with Crippen molar-refractivity contribution in [2.24, 2.45) is 0 Å². The van der Waals surface area contributed by atoms with Gasteiger partial charge in [-0.05, 0) is 42.7 Å². The number of hydrogen-bond donors (Lipinski definition) is 2. The van der Waals surface area contributed by atoms with E-state index in [1.165, 1.54) is 6.07 Å². The average Bonchev–Trinajstić information content (AvgIpc) is 3.23. The van der Waals surface area contributed by atoms with Crippen molar-refractivity contribution in [3.8, 4) is 0 Å². The molecular weight excluding hydrogens is 310 g/mol. The van der Waals surface area contributed by atoms with Gasteiger partial charge in [-0.3, -0.25) is 0 Å². The normalized spacial score (nSPS) is 15.2. The Bertz CT molecular complexity index is 715. The van der Waals surface area contributed by atoms with Crippen molar-refractivity contribution in [2.45, 2.75) is 18.4 Å². The first-order chi connectivity index (χ1) is 10.5. The van der Waals surface area contributed by atoms with Crippen LogP contribution in [0.15, 0.2) is 42.5 Å². The van der Waals surface area contributed by atoms with Gasteiger partial charge in [-0.15, -0.1) is 0 Å². The molecule has 0 bridgehead atoms. The van der Waals surface area contributed by atoms with Gasteiger partial charge in [0.25, 0.3) is 0 Å². The summed E-state index contributed by atoms with van der Waals surface area (Å²) in [5, 5.41) is 5.86. The second-order valence-electron chi connectivity index (χ2n) is 5.29. The first kappa shape index (κ1) is 14.8. The number of carbonyl (C=O) groups excluding carboxylic acids is 1. The zero-order chi connectivity index (χ0) is 15.7. The molecular formula is C16H13ClF2N2O. The summed E-state index contributed by atoms with van der Waals surface area (Å²) in [4.78, 5) is 12.0. The third-order valence-electron chi connectivity index (χ3n) is 3.68. The number of halogens is 3. The fourth-order valence-corrected chi connectivity index (χ4v) is 2.47. The van der Waals surface area contributed by atoms with Crippen LogP contribution in [0.5, 0.6) is 0 Å². The molecule has 0 saturated heterocycles. The van der Waals surface area contributed by atoms with E-state index in [0.29, 0.717) is 5.02 Å². The Morgan fingerprint density at radius 1 is 1.09 bits per heavy atom. The molecule has 2 N–H and O–H groups in total. The van der Waals surface area contributed by atoms with Crippen LogP contribution in [0.3, 0.4) is 0 Å². The van der Waals surface area contributed by atoms with Gasteiger partial charge in [0.1, 0.15) is 11.6 Å². The van der Waals surface area contributed by atoms with Crippen molar-refractivity contribution in [3.63, 3.8) is 0 Å². The topological polar surface area (TPSA) is 41.1 Å². The summed E-state index contributed by atoms with van der Waals surface area (Å²) < 4.78 is 26.4. The maximum Gasteiger partial charge on any atom is 0.320 e. The van der Waals surface area contributed by atoms with E-state index in [-0.39, 0.29) is 5.69 Å². The van der Waals surface area contributed by atoms with Crippen LogP contribution >= 0.6 is 11.6 Å². The monoisotopic (exact) mass is 322 g/mol. The molecule has 1 fully saturated rings. The van der Waals surface area contributed by atoms with Gasteiger partial charge in [-0.25, -0.2) is 13.6 Å². The molecule has 2 aromatic rings. The van der Waals surface area contributed by atoms with Gasteiger partial charge in [-0.1, -0.05) is 23.7 Å². The van der Waals surface area contributed by atoms with Gasteiger partial charge in [-0.2, -0.15) is 0 Å². The van der Waals surface area contributed by atoms with E-state index in [1.54, 1.807) is 12.1 Å². The Labute approximate surface area is 131 Å². The molecule has 2 amide bonds. The van der Waals surface area contributed by atoms with Crippen LogP contribution in [-0.2, 0) is 5.54 Å². The van der Waals surface area contributed by atoms with Gasteiger partial charge in [0, 0.05) is 11.1 Å². The summed E-state index contributed by atoms with van der Waals surface area (Å²) in [6, 6.07) is 9.70. The van der Waals surface area contributed by atoms with Crippen LogP contribution in [0.1, 0.15) is 18.4 Å². The Kier molecular flexibility index (Phi) is 3.74. The lowest BCUT2D eigenvalue weighted by atomic mass is 10.1. The van der Waals surface area contributed by atoms with Crippen molar-refractivity contribution in [3.05, 3.63) is 64.7 Å². The van der Waals surface area contributed by atoms with Crippen molar-refractivity contribution in [1.29, 1.82) is 0 Å². The lowest BCUT2D eigenvalue weighted by Crippen LogP contribution is -2.38. The number of urea groups is 1. The number of hydrogen-bond acceptors (Lipinski definition) is 1. The number of rotatable bonds is 3. The molecule has 2 aromatic carbocycles. The zero-order valence-corrected chi connectivity index (χ0v) is 12.3. The number of amides is 2. The molecule has 1 aliphatic rings. The fraction of sp³-hybridized carbons (Fsp3) is 0.188. The minimum Gasteiger partial charge on any atom is -0.328 e. The molecule has 1 aliphatic carbocycles. The molecule has 0 unspecified atom stereocenters. The van der Waals surface area contributed by atoms with Gasteiger partial charge in [0.15, 0.2) is 0 Å². The van der Waals surface area contributed by atoms with Crippen molar-refractivity contribution in [1.82, 2.24) is 5.32 Å². The molecule has 114 valence electrons. The molecule has 22 heavy (non-hydrogen) atoms. The molecule has 3 rings (SSSR count). The molecule has 0 aliphatic heterocycles. The highest BCUT2D eigenvalue weighted by atomic mass is 35.5. The third-order valence-corrected chi connectivity index (χ3v) is 3.93. The van der Waals surface area contributed by atoms with Crippen LogP contribution in [0.4, 0.5) is 19.3 Å². The summed E-state index contributed by atoms with van der Waals surface area (Å²) in [5.41, 5.74) is 0.447. The SMILES string of the molecule is O=C(Nc1ccc(F)cc1F)NC1(c2ccc(Cl)cc2)CC1. The van der Waals surface area contributed by atoms with Crippen LogP contribution in [0.25, 0.3) is 0 Å². The highest BCUT2D eigenvalue weighted by Gasteiger charge is 2.45. The highest BCUT2D eigenvalue weighted by Crippen LogP contribution is 2.45. The third kappa shape index (κ3) is 3.04. The van der Waals surface area contributed by atoms with E-state index < -0.39 is 23.2 Å². The second kappa shape index (κ2) is 5.57. The second-order valence-corrected chi connectivity index (χ2v) is 5.73. The molecule has 0 heterocycles. The van der Waals surface area contributed by atoms with Crippen LogP contribution in [-0.4, -0.2) is 6.03 Å². The number of carbonyl (C=O) groups is 1. The summed E-state index contributed by atoms with van der Waals surface area (Å²) in [6.45, 7) is 0. The summed E-state index contributed by atoms with van der Waals surface area (Å²) in [7, 11) is 0. The fourth-order valence-electron chi connectivity index (χ4n) is 2.34. The summed E-state index contributed by atoms with van der Waals surface area (Å²) in [5.74, 6) is -1.50. The average molecular weight is 323 g/mol. The van der Waals surface area contributed by atoms with E-state index in [0.717, 1.165) is 30.5 Å². The van der Waals surface area contributed by atoms with E-state index in [9.17, 15) is 13.6 Å². The van der Waals surface area contributed by atoms with E-state index >= 15 is 0 Å². The van der Waals surface area contributed by atoms with Gasteiger partial charge in [0.05, 0.1) is 11.2 Å². The zero-order valence-electron chi connectivity index (χ0n) is 11.5. The summed E-state index contributed by atoms with van der Waals surface area (Å²) in [6.07, 6.45) is 1.60. The number of nitrogens with one attached hydrogen (secondary N) is 2. The molecule has 0 spiro atoms. The Morgan fingerprint density at radius 2 is 1.77 bits per heavy atom. The standard InChI is InChI=1S/C16H13ClF2N2O/c17-11-3-1-10(2-4-11)16(7-8-16)21-15(22)20-14-6-5-12(18)9-13(14)19/h1-6,9H,7-8H2,(H2,20,21,22). The predicted molar refractivity (Wildman–Crippen MR) is 80.9 cm³/mol. The van der Waals surface area contributed by atoms with E-state index in [2.05, 4.69) is 10.6 Å². The van der Waals surface area contributed by atoms with Crippen molar-refractivity contribution < 1.29 is 13.6 Å². The Balaban J connectivity index is 1.70. The van der Waals surface area contributed by atoms with Gasteiger partial charge in [0.2, 0.25) is 0 Å². The lowest BCUT2D eigenvalue weighted by Gasteiger charge is -2.18. The quantitative estimate of drug-likeness (QED) is 0.862. The molecule has 0 atom stereocenters. The molecule has 0 radical (unpaired) electrons. The van der Waals surface area contributed by atoms with Crippen molar-refractivity contribution in [2.75, 3.05) is 5.32 Å². The van der Waals surface area contributed by atoms with Crippen LogP contribution in [0, 0.1) is 11.6 Å². The van der Waals surface area contributed by atoms with E-state index in [1.807, 2.05) is 12.1 Å². The number of anilines is 1. The first-order valence-corrected chi connectivity index (χ1v) is 7.17. The molecule has 3 nitrogen and oxygen atoms in total. The van der Waals surface area contributed by atoms with Gasteiger partial charge >= 0.3 is 6.03 Å². The Morgan fingerprint density at radius 3 is 2.36 bits per heavy atom. The molecule has 0 aromatic heterocycles. The molecule has 1 saturated carbocycles. The molecule has 6 heteroatoms. The highest BCUT2D eigenvalue weighted by molar-refractivity contribution is 6.30. The van der Waals surface area contributed by atoms with Crippen molar-refractivity contribution >= 4 is 23.3 Å². The predicted octanol–water partition coefficient (Wildman–Crippen LogP) is 4.43. The minimum absolute atomic E-state index is 0.0641. The smallest absolute Gasteiger partial charge is 0.320 e. The largest absolute Gasteiger partial charge is 0.328 e. The minimum atomic E-state index is -0.813. The van der Waals surface area contributed by atoms with Crippen LogP contribution < -0.4 is 10.6 Å². The lowest BCUT2D eigenvalue weighted by molar-refractivity contribution is 0.247. The Hall–Kier alpha value is -2.14. The number of benzene rings is 2. The van der Waals surface area contributed by atoms with Gasteiger partial charge < -0.3 is 10.6 Å². The maximum absolute atomic E-state index is 13.5. The first-order valence-electron chi connectivity index (χ1n) is 6.79. The summed E-state index contributed by atoms with van der Waals surface area (Å²) >= 11 is 5.85. The maximum atomic E-state index is 13.5.